The molecule has 0 radical (unpaired) electrons. The van der Waals surface area contributed by atoms with Crippen molar-refractivity contribution in [1.29, 1.82) is 0 Å². The minimum Gasteiger partial charge on any atom is -0.464 e. The molecule has 4 heterocycles. The number of amides is 4. The van der Waals surface area contributed by atoms with Gasteiger partial charge in [-0.3, -0.25) is 14.8 Å². The molecule has 5 atom stereocenters. The maximum Gasteiger partial charge on any atom is 0.422 e. The van der Waals surface area contributed by atoms with Crippen molar-refractivity contribution >= 4 is 24.0 Å². The molecule has 0 saturated carbocycles. The highest BCUT2D eigenvalue weighted by Crippen LogP contribution is 2.25. The van der Waals surface area contributed by atoms with Gasteiger partial charge in [-0.1, -0.05) is 87.0 Å². The lowest BCUT2D eigenvalue weighted by Crippen LogP contribution is -2.60. The third-order valence-corrected chi connectivity index (χ3v) is 10.7. The quantitative estimate of drug-likeness (QED) is 0.0991. The fourth-order valence-electron chi connectivity index (χ4n) is 7.49. The molecule has 14 heteroatoms. The summed E-state index contributed by atoms with van der Waals surface area (Å²) in [5, 5.41) is 28.1. The average Bonchev–Trinajstić information content (AvgIpc) is 3.79. The largest absolute Gasteiger partial charge is 0.464 e. The highest BCUT2D eigenvalue weighted by atomic mass is 16.5. The van der Waals surface area contributed by atoms with E-state index in [1.54, 1.807) is 16.0 Å². The molecule has 3 unspecified atom stereocenters. The number of hydrogen-bond acceptors (Lipinski definition) is 9. The molecule has 0 aliphatic carbocycles. The van der Waals surface area contributed by atoms with Gasteiger partial charge in [0.05, 0.1) is 36.7 Å². The third-order valence-electron chi connectivity index (χ3n) is 10.7. The first-order valence-electron chi connectivity index (χ1n) is 19.5. The van der Waals surface area contributed by atoms with Crippen LogP contribution < -0.4 is 5.32 Å². The Kier molecular flexibility index (Phi) is 13.5. The molecule has 4 aromatic rings. The normalized spacial score (nSPS) is 17.6. The molecule has 4 amide bonds. The van der Waals surface area contributed by atoms with Crippen LogP contribution >= 0.6 is 0 Å². The van der Waals surface area contributed by atoms with Gasteiger partial charge in [0, 0.05) is 50.1 Å². The monoisotopic (exact) mass is 777 g/mol. The van der Waals surface area contributed by atoms with Gasteiger partial charge in [-0.2, -0.15) is 0 Å². The molecule has 2 fully saturated rings. The predicted molar refractivity (Wildman–Crippen MR) is 212 cm³/mol. The summed E-state index contributed by atoms with van der Waals surface area (Å²) in [5.74, 6) is -1.31. The highest BCUT2D eigenvalue weighted by molar-refractivity contribution is 5.88. The zero-order valence-electron chi connectivity index (χ0n) is 32.6. The number of aromatic nitrogens is 2. The number of carboxylic acid groups (broad SMARTS) is 1. The van der Waals surface area contributed by atoms with E-state index in [0.717, 1.165) is 38.8 Å². The Hall–Kier alpha value is -5.86. The number of carbonyl (C=O) groups is 4. The van der Waals surface area contributed by atoms with Crippen LogP contribution in [-0.2, 0) is 33.8 Å². The second-order valence-electron chi connectivity index (χ2n) is 14.7. The molecule has 2 aromatic heterocycles. The number of hydrogen-bond donors (Lipinski definition) is 3. The van der Waals surface area contributed by atoms with Crippen molar-refractivity contribution in [2.75, 3.05) is 26.2 Å². The van der Waals surface area contributed by atoms with Gasteiger partial charge in [-0.15, -0.1) is 0 Å². The number of benzene rings is 2. The van der Waals surface area contributed by atoms with Crippen molar-refractivity contribution in [3.63, 3.8) is 0 Å². The minimum atomic E-state index is -1.38. The van der Waals surface area contributed by atoms with Crippen LogP contribution in [-0.4, -0.2) is 114 Å². The van der Waals surface area contributed by atoms with E-state index >= 15 is 0 Å². The topological polar surface area (TPSA) is 169 Å². The number of aliphatic hydroxyl groups is 1. The molecule has 0 bridgehead atoms. The van der Waals surface area contributed by atoms with Crippen LogP contribution in [0.3, 0.4) is 0 Å². The molecular weight excluding hydrogens is 727 g/mol. The fourth-order valence-corrected chi connectivity index (χ4v) is 7.49. The number of aryl methyl sites for hydroxylation is 1. The van der Waals surface area contributed by atoms with Crippen LogP contribution in [0.15, 0.2) is 97.2 Å². The van der Waals surface area contributed by atoms with Crippen molar-refractivity contribution < 1.29 is 34.1 Å². The summed E-state index contributed by atoms with van der Waals surface area (Å²) >= 11 is 0. The summed E-state index contributed by atoms with van der Waals surface area (Å²) < 4.78 is 5.17. The molecule has 6 rings (SSSR count). The Labute approximate surface area is 333 Å². The van der Waals surface area contributed by atoms with Crippen molar-refractivity contribution in [3.8, 4) is 11.3 Å². The molecule has 2 saturated heterocycles. The maximum absolute atomic E-state index is 14.5. The van der Waals surface area contributed by atoms with E-state index in [0.29, 0.717) is 26.1 Å². The first-order chi connectivity index (χ1) is 27.5. The Bertz CT molecular complexity index is 1980. The zero-order valence-corrected chi connectivity index (χ0v) is 32.6. The van der Waals surface area contributed by atoms with Crippen LogP contribution in [0.4, 0.5) is 9.59 Å². The highest BCUT2D eigenvalue weighted by Gasteiger charge is 2.43. The SMILES string of the molecule is CCC(C)C(C(=O)N[C@@H](Cc1ccccc1)[C@@H](O)CN(Cc1ccc(-c2ccccn2)cc1)N(C(=O)O)C1CCOC1=O)N1CCN(Cc2cccc(C)n2)C1=O. The van der Waals surface area contributed by atoms with Gasteiger partial charge in [0.1, 0.15) is 6.04 Å². The van der Waals surface area contributed by atoms with E-state index in [2.05, 4.69) is 15.3 Å². The Morgan fingerprint density at radius 3 is 2.37 bits per heavy atom. The number of cyclic esters (lactones) is 1. The zero-order chi connectivity index (χ0) is 40.5. The van der Waals surface area contributed by atoms with Crippen LogP contribution in [0.25, 0.3) is 11.3 Å². The van der Waals surface area contributed by atoms with Crippen molar-refractivity contribution in [1.82, 2.24) is 35.1 Å². The number of ether oxygens (including phenoxy) is 1. The number of hydrazine groups is 1. The number of pyridine rings is 2. The van der Waals surface area contributed by atoms with E-state index in [4.69, 9.17) is 4.74 Å². The number of carbonyl (C=O) groups excluding carboxylic acids is 3. The first-order valence-corrected chi connectivity index (χ1v) is 19.5. The fraction of sp³-hybridized carbons (Fsp3) is 0.395. The van der Waals surface area contributed by atoms with Crippen LogP contribution in [0, 0.1) is 12.8 Å². The third kappa shape index (κ3) is 10.1. The number of rotatable bonds is 17. The molecule has 300 valence electrons. The van der Waals surface area contributed by atoms with Crippen molar-refractivity contribution in [3.05, 3.63) is 120 Å². The summed E-state index contributed by atoms with van der Waals surface area (Å²) in [6.45, 7) is 6.71. The lowest BCUT2D eigenvalue weighted by molar-refractivity contribution is -0.149. The predicted octanol–water partition coefficient (Wildman–Crippen LogP) is 4.91. The van der Waals surface area contributed by atoms with Crippen LogP contribution in [0.1, 0.15) is 49.2 Å². The van der Waals surface area contributed by atoms with Gasteiger partial charge in [-0.25, -0.2) is 24.4 Å². The second-order valence-corrected chi connectivity index (χ2v) is 14.7. The number of nitrogens with zero attached hydrogens (tertiary/aromatic N) is 6. The van der Waals surface area contributed by atoms with E-state index in [1.807, 2.05) is 112 Å². The molecule has 0 spiro atoms. The standard InChI is InChI=1S/C43H51N7O7/c1-4-29(2)39(49-23-22-47(42(49)54)27-34-14-10-11-30(3)45-34)40(52)46-36(25-31-12-6-5-7-13-31)38(51)28-48(50(43(55)56)37-20-24-57-41(37)53)26-32-16-18-33(19-17-32)35-15-8-9-21-44-35/h5-19,21,29,36-39,51H,4,20,22-28H2,1-3H3,(H,46,52)(H,55,56)/t29?,36-,37?,38-,39?/m0/s1. The lowest BCUT2D eigenvalue weighted by atomic mass is 9.95. The molecule has 2 aliphatic heterocycles. The van der Waals surface area contributed by atoms with E-state index in [9.17, 15) is 29.4 Å². The molecule has 57 heavy (non-hydrogen) atoms. The number of urea groups is 1. The summed E-state index contributed by atoms with van der Waals surface area (Å²) in [6.07, 6.45) is -0.0178. The van der Waals surface area contributed by atoms with Crippen molar-refractivity contribution in [2.45, 2.75) is 77.4 Å². The summed E-state index contributed by atoms with van der Waals surface area (Å²) in [6, 6.07) is 25.0. The van der Waals surface area contributed by atoms with Gasteiger partial charge in [0.25, 0.3) is 0 Å². The second kappa shape index (κ2) is 18.9. The van der Waals surface area contributed by atoms with E-state index in [-0.39, 0.29) is 44.5 Å². The number of nitrogens with one attached hydrogen (secondary N) is 1. The molecular formula is C43H51N7O7. The Balaban J connectivity index is 1.26. The minimum absolute atomic E-state index is 0.0189. The van der Waals surface area contributed by atoms with Crippen LogP contribution in [0.5, 0.6) is 0 Å². The van der Waals surface area contributed by atoms with Gasteiger partial charge >= 0.3 is 18.1 Å². The summed E-state index contributed by atoms with van der Waals surface area (Å²) in [4.78, 5) is 66.4. The molecule has 2 aliphatic rings. The van der Waals surface area contributed by atoms with Gasteiger partial charge in [0.2, 0.25) is 5.91 Å². The maximum atomic E-state index is 14.5. The Morgan fingerprint density at radius 1 is 0.965 bits per heavy atom. The smallest absolute Gasteiger partial charge is 0.422 e. The Morgan fingerprint density at radius 2 is 1.72 bits per heavy atom. The lowest BCUT2D eigenvalue weighted by Gasteiger charge is -2.38. The van der Waals surface area contributed by atoms with E-state index < -0.39 is 42.2 Å². The molecule has 2 aromatic carbocycles. The molecule has 14 nitrogen and oxygen atoms in total. The van der Waals surface area contributed by atoms with E-state index in [1.165, 1.54) is 5.01 Å². The van der Waals surface area contributed by atoms with Gasteiger partial charge < -0.3 is 30.1 Å². The average molecular weight is 778 g/mol. The van der Waals surface area contributed by atoms with Gasteiger partial charge in [-0.05, 0) is 54.7 Å². The first kappa shape index (κ1) is 40.8. The number of esters is 1. The number of aliphatic hydroxyl groups excluding tert-OH is 1. The van der Waals surface area contributed by atoms with Gasteiger partial charge in [0.15, 0.2) is 6.04 Å². The summed E-state index contributed by atoms with van der Waals surface area (Å²) in [5.41, 5.74) is 4.81. The summed E-state index contributed by atoms with van der Waals surface area (Å²) in [7, 11) is 0. The van der Waals surface area contributed by atoms with Crippen LogP contribution in [0.2, 0.25) is 0 Å². The van der Waals surface area contributed by atoms with Crippen molar-refractivity contribution in [2.24, 2.45) is 5.92 Å². The molecule has 3 N–H and O–H groups in total.